The van der Waals surface area contributed by atoms with E-state index >= 15 is 0 Å². The Morgan fingerprint density at radius 1 is 1.50 bits per heavy atom. The zero-order chi connectivity index (χ0) is 14.4. The van der Waals surface area contributed by atoms with Crippen LogP contribution in [0.25, 0.3) is 0 Å². The normalized spacial score (nSPS) is 18.8. The van der Waals surface area contributed by atoms with E-state index in [1.165, 1.54) is 6.42 Å². The Bertz CT molecular complexity index is 464. The fourth-order valence-corrected chi connectivity index (χ4v) is 3.10. The van der Waals surface area contributed by atoms with E-state index in [1.807, 2.05) is 0 Å². The SMILES string of the molecule is O=C(CSC[C@H]1CCCCO1)Nc1cccc(Cl)c1O. The minimum Gasteiger partial charge on any atom is -0.504 e. The minimum absolute atomic E-state index is 0.0943. The number of phenols is 1. The largest absolute Gasteiger partial charge is 0.504 e. The number of phenolic OH excluding ortho intramolecular Hbond substituents is 1. The first-order valence-corrected chi connectivity index (χ1v) is 8.17. The molecule has 1 saturated heterocycles. The van der Waals surface area contributed by atoms with Crippen LogP contribution in [0.15, 0.2) is 18.2 Å². The molecule has 2 rings (SSSR count). The zero-order valence-electron chi connectivity index (χ0n) is 11.1. The number of halogens is 1. The number of aromatic hydroxyl groups is 1. The fraction of sp³-hybridized carbons (Fsp3) is 0.500. The van der Waals surface area contributed by atoms with Gasteiger partial charge in [-0.1, -0.05) is 17.7 Å². The van der Waals surface area contributed by atoms with Crippen LogP contribution in [0, 0.1) is 0 Å². The molecular weight excluding hydrogens is 298 g/mol. The average Bonchev–Trinajstić information content (AvgIpc) is 2.45. The molecule has 20 heavy (non-hydrogen) atoms. The third-order valence-corrected chi connectivity index (χ3v) is 4.45. The van der Waals surface area contributed by atoms with E-state index in [4.69, 9.17) is 16.3 Å². The summed E-state index contributed by atoms with van der Waals surface area (Å²) in [5.74, 6) is 0.923. The van der Waals surface area contributed by atoms with Crippen molar-refractivity contribution < 1.29 is 14.6 Å². The van der Waals surface area contributed by atoms with Crippen molar-refractivity contribution in [2.24, 2.45) is 0 Å². The third kappa shape index (κ3) is 4.58. The van der Waals surface area contributed by atoms with Crippen molar-refractivity contribution in [1.29, 1.82) is 0 Å². The minimum atomic E-state index is -0.150. The van der Waals surface area contributed by atoms with Gasteiger partial charge < -0.3 is 15.2 Å². The van der Waals surface area contributed by atoms with Crippen molar-refractivity contribution in [3.63, 3.8) is 0 Å². The summed E-state index contributed by atoms with van der Waals surface area (Å²) in [6, 6.07) is 4.87. The maximum absolute atomic E-state index is 11.8. The van der Waals surface area contributed by atoms with Crippen LogP contribution in [0.1, 0.15) is 19.3 Å². The predicted molar refractivity (Wildman–Crippen MR) is 82.7 cm³/mol. The Morgan fingerprint density at radius 2 is 2.35 bits per heavy atom. The Morgan fingerprint density at radius 3 is 3.10 bits per heavy atom. The van der Waals surface area contributed by atoms with Gasteiger partial charge in [0.1, 0.15) is 0 Å². The maximum atomic E-state index is 11.8. The van der Waals surface area contributed by atoms with E-state index in [0.717, 1.165) is 25.2 Å². The molecule has 0 saturated carbocycles. The van der Waals surface area contributed by atoms with Gasteiger partial charge in [0.05, 0.1) is 22.6 Å². The third-order valence-electron chi connectivity index (χ3n) is 3.07. The van der Waals surface area contributed by atoms with Gasteiger partial charge in [0.15, 0.2) is 5.75 Å². The molecular formula is C14H18ClNO3S. The van der Waals surface area contributed by atoms with E-state index in [0.29, 0.717) is 11.4 Å². The van der Waals surface area contributed by atoms with Crippen LogP contribution in [0.2, 0.25) is 5.02 Å². The highest BCUT2D eigenvalue weighted by Crippen LogP contribution is 2.31. The lowest BCUT2D eigenvalue weighted by Gasteiger charge is -2.21. The number of anilines is 1. The van der Waals surface area contributed by atoms with Gasteiger partial charge in [-0.2, -0.15) is 0 Å². The molecule has 0 bridgehead atoms. The average molecular weight is 316 g/mol. The van der Waals surface area contributed by atoms with Crippen LogP contribution in [0.5, 0.6) is 5.75 Å². The van der Waals surface area contributed by atoms with Crippen molar-refractivity contribution in [1.82, 2.24) is 0 Å². The van der Waals surface area contributed by atoms with Crippen LogP contribution in [-0.4, -0.2) is 35.2 Å². The fourth-order valence-electron chi connectivity index (χ4n) is 2.02. The molecule has 0 spiro atoms. The van der Waals surface area contributed by atoms with Gasteiger partial charge in [0.2, 0.25) is 5.91 Å². The molecule has 0 radical (unpaired) electrons. The topological polar surface area (TPSA) is 58.6 Å². The van der Waals surface area contributed by atoms with Gasteiger partial charge in [0, 0.05) is 12.4 Å². The van der Waals surface area contributed by atoms with Gasteiger partial charge in [-0.25, -0.2) is 0 Å². The zero-order valence-corrected chi connectivity index (χ0v) is 12.7. The van der Waals surface area contributed by atoms with Crippen LogP contribution in [-0.2, 0) is 9.53 Å². The van der Waals surface area contributed by atoms with Crippen molar-refractivity contribution in [3.8, 4) is 5.75 Å². The van der Waals surface area contributed by atoms with Gasteiger partial charge in [-0.15, -0.1) is 11.8 Å². The molecule has 1 atom stereocenters. The summed E-state index contributed by atoms with van der Waals surface area (Å²) in [6.07, 6.45) is 3.67. The summed E-state index contributed by atoms with van der Waals surface area (Å²) in [4.78, 5) is 11.8. The molecule has 0 aromatic heterocycles. The number of ether oxygens (including phenoxy) is 1. The van der Waals surface area contributed by atoms with Crippen LogP contribution >= 0.6 is 23.4 Å². The molecule has 1 heterocycles. The molecule has 0 aliphatic carbocycles. The smallest absolute Gasteiger partial charge is 0.234 e. The first kappa shape index (κ1) is 15.5. The second kappa shape index (κ2) is 7.76. The number of benzene rings is 1. The number of hydrogen-bond acceptors (Lipinski definition) is 4. The number of carbonyl (C=O) groups excluding carboxylic acids is 1. The molecule has 4 nitrogen and oxygen atoms in total. The highest BCUT2D eigenvalue weighted by Gasteiger charge is 2.15. The molecule has 1 aromatic carbocycles. The van der Waals surface area contributed by atoms with Crippen LogP contribution in [0.3, 0.4) is 0 Å². The lowest BCUT2D eigenvalue weighted by molar-refractivity contribution is -0.113. The molecule has 1 aliphatic heterocycles. The molecule has 1 amide bonds. The van der Waals surface area contributed by atoms with Gasteiger partial charge in [-0.05, 0) is 31.4 Å². The van der Waals surface area contributed by atoms with Gasteiger partial charge >= 0.3 is 0 Å². The van der Waals surface area contributed by atoms with Crippen molar-refractivity contribution in [2.45, 2.75) is 25.4 Å². The maximum Gasteiger partial charge on any atom is 0.234 e. The Hall–Kier alpha value is -0.910. The van der Waals surface area contributed by atoms with Crippen molar-refractivity contribution >= 4 is 35.0 Å². The number of para-hydroxylation sites is 1. The quantitative estimate of drug-likeness (QED) is 0.819. The summed E-state index contributed by atoms with van der Waals surface area (Å²) in [5.41, 5.74) is 0.344. The molecule has 1 aromatic rings. The number of thioether (sulfide) groups is 1. The van der Waals surface area contributed by atoms with E-state index in [9.17, 15) is 9.90 Å². The number of rotatable bonds is 5. The number of nitrogens with one attached hydrogen (secondary N) is 1. The highest BCUT2D eigenvalue weighted by atomic mass is 35.5. The molecule has 1 fully saturated rings. The Kier molecular flexibility index (Phi) is 6.01. The summed E-state index contributed by atoms with van der Waals surface area (Å²) >= 11 is 7.33. The molecule has 110 valence electrons. The molecule has 2 N–H and O–H groups in total. The molecule has 6 heteroatoms. The summed E-state index contributed by atoms with van der Waals surface area (Å²) in [6.45, 7) is 0.827. The van der Waals surface area contributed by atoms with Crippen LogP contribution < -0.4 is 5.32 Å². The second-order valence-electron chi connectivity index (χ2n) is 4.69. The summed E-state index contributed by atoms with van der Waals surface area (Å²) in [7, 11) is 0. The van der Waals surface area contributed by atoms with E-state index in [-0.39, 0.29) is 22.8 Å². The number of amides is 1. The first-order valence-electron chi connectivity index (χ1n) is 6.63. The summed E-state index contributed by atoms with van der Waals surface area (Å²) < 4.78 is 5.60. The first-order chi connectivity index (χ1) is 9.66. The Labute approximate surface area is 127 Å². The van der Waals surface area contributed by atoms with Gasteiger partial charge in [-0.3, -0.25) is 4.79 Å². The standard InChI is InChI=1S/C14H18ClNO3S/c15-11-5-3-6-12(14(11)18)16-13(17)9-20-8-10-4-1-2-7-19-10/h3,5-6,10,18H,1-2,4,7-9H2,(H,16,17)/t10-/m1/s1. The molecule has 0 unspecified atom stereocenters. The van der Waals surface area contributed by atoms with E-state index in [2.05, 4.69) is 5.32 Å². The van der Waals surface area contributed by atoms with Crippen molar-refractivity contribution in [2.75, 3.05) is 23.4 Å². The van der Waals surface area contributed by atoms with E-state index in [1.54, 1.807) is 30.0 Å². The van der Waals surface area contributed by atoms with Gasteiger partial charge in [0.25, 0.3) is 0 Å². The van der Waals surface area contributed by atoms with Crippen LogP contribution in [0.4, 0.5) is 5.69 Å². The number of carbonyl (C=O) groups is 1. The lowest BCUT2D eigenvalue weighted by Crippen LogP contribution is -2.23. The summed E-state index contributed by atoms with van der Waals surface area (Å²) in [5, 5.41) is 12.6. The lowest BCUT2D eigenvalue weighted by atomic mass is 10.1. The second-order valence-corrected chi connectivity index (χ2v) is 6.13. The molecule has 1 aliphatic rings. The Balaban J connectivity index is 1.73. The van der Waals surface area contributed by atoms with E-state index < -0.39 is 0 Å². The highest BCUT2D eigenvalue weighted by molar-refractivity contribution is 8.00. The monoisotopic (exact) mass is 315 g/mol. The predicted octanol–water partition coefficient (Wildman–Crippen LogP) is 3.29. The van der Waals surface area contributed by atoms with Crippen molar-refractivity contribution in [3.05, 3.63) is 23.2 Å². The number of hydrogen-bond donors (Lipinski definition) is 2.